The van der Waals surface area contributed by atoms with Crippen molar-refractivity contribution in [2.45, 2.75) is 19.3 Å². The Balaban J connectivity index is 2.22. The Morgan fingerprint density at radius 1 is 0.882 bits per heavy atom. The number of hydrogen-bond acceptors (Lipinski definition) is 4. The summed E-state index contributed by atoms with van der Waals surface area (Å²) in [6, 6.07) is 3.42. The summed E-state index contributed by atoms with van der Waals surface area (Å²) < 4.78 is 0. The fraction of sp³-hybridized carbons (Fsp3) is 0.385. The van der Waals surface area contributed by atoms with Crippen LogP contribution in [-0.4, -0.2) is 11.6 Å². The van der Waals surface area contributed by atoms with Gasteiger partial charge in [0, 0.05) is 11.1 Å². The minimum absolute atomic E-state index is 0.134. The zero-order valence-electron chi connectivity index (χ0n) is 8.99. The van der Waals surface area contributed by atoms with Crippen molar-refractivity contribution in [3.8, 4) is 12.1 Å². The van der Waals surface area contributed by atoms with Crippen LogP contribution in [0.3, 0.4) is 0 Å². The van der Waals surface area contributed by atoms with E-state index >= 15 is 0 Å². The minimum Gasteiger partial charge on any atom is -0.288 e. The van der Waals surface area contributed by atoms with Gasteiger partial charge in [-0.3, -0.25) is 9.59 Å². The van der Waals surface area contributed by atoms with Crippen molar-refractivity contribution >= 4 is 11.6 Å². The zero-order chi connectivity index (χ0) is 12.2. The van der Waals surface area contributed by atoms with E-state index in [0.29, 0.717) is 11.1 Å². The van der Waals surface area contributed by atoms with Crippen molar-refractivity contribution in [3.05, 3.63) is 22.3 Å². The smallest absolute Gasteiger partial charge is 0.201 e. The molecule has 4 nitrogen and oxygen atoms in total. The van der Waals surface area contributed by atoms with Gasteiger partial charge in [0.25, 0.3) is 0 Å². The second-order valence-electron chi connectivity index (χ2n) is 4.67. The molecular weight excluding hydrogens is 216 g/mol. The maximum atomic E-state index is 12.1. The molecular formula is C13H8N2O2. The molecule has 0 N–H and O–H groups in total. The predicted octanol–water partition coefficient (Wildman–Crippen LogP) is 1.21. The molecule has 2 bridgehead atoms. The topological polar surface area (TPSA) is 81.7 Å². The highest BCUT2D eigenvalue weighted by Gasteiger charge is 2.49. The van der Waals surface area contributed by atoms with E-state index in [-0.39, 0.29) is 34.5 Å². The van der Waals surface area contributed by atoms with Crippen LogP contribution in [-0.2, 0) is 9.59 Å². The molecule has 0 saturated heterocycles. The molecule has 2 unspecified atom stereocenters. The van der Waals surface area contributed by atoms with Crippen molar-refractivity contribution in [3.63, 3.8) is 0 Å². The standard InChI is InChI=1S/C13H8N2O2/c14-4-8-9(5-15)13(17)11-7-2-1-6(3-7)10(11)12(8)16/h6-7H,1-3H2. The molecule has 3 aliphatic carbocycles. The van der Waals surface area contributed by atoms with E-state index in [4.69, 9.17) is 10.5 Å². The van der Waals surface area contributed by atoms with Crippen LogP contribution in [0.4, 0.5) is 0 Å². The van der Waals surface area contributed by atoms with Crippen LogP contribution >= 0.6 is 0 Å². The number of allylic oxidation sites excluding steroid dienone is 4. The van der Waals surface area contributed by atoms with Crippen LogP contribution in [0.15, 0.2) is 22.3 Å². The summed E-state index contributed by atoms with van der Waals surface area (Å²) >= 11 is 0. The third kappa shape index (κ3) is 1.05. The molecule has 0 heterocycles. The molecule has 82 valence electrons. The second kappa shape index (κ2) is 3.15. The Morgan fingerprint density at radius 3 is 1.65 bits per heavy atom. The first-order valence-electron chi connectivity index (χ1n) is 5.57. The Kier molecular flexibility index (Phi) is 1.85. The van der Waals surface area contributed by atoms with Gasteiger partial charge in [-0.25, -0.2) is 0 Å². The van der Waals surface area contributed by atoms with Gasteiger partial charge in [0.15, 0.2) is 0 Å². The number of Topliss-reactive ketones (excluding diaryl/α,β-unsaturated/α-hetero) is 2. The molecule has 3 aliphatic rings. The number of hydrogen-bond donors (Lipinski definition) is 0. The highest BCUT2D eigenvalue weighted by Crippen LogP contribution is 2.51. The molecule has 17 heavy (non-hydrogen) atoms. The van der Waals surface area contributed by atoms with E-state index in [9.17, 15) is 9.59 Å². The van der Waals surface area contributed by atoms with Gasteiger partial charge >= 0.3 is 0 Å². The average molecular weight is 224 g/mol. The number of rotatable bonds is 0. The lowest BCUT2D eigenvalue weighted by Crippen LogP contribution is -2.26. The SMILES string of the molecule is N#CC1=C(C#N)C(=O)C2=C(C1=O)C1CCC2C1. The number of fused-ring (bicyclic) bond motifs is 4. The molecule has 3 rings (SSSR count). The Morgan fingerprint density at radius 2 is 1.29 bits per heavy atom. The zero-order valence-corrected chi connectivity index (χ0v) is 8.99. The number of carbonyl (C=O) groups excluding carboxylic acids is 2. The van der Waals surface area contributed by atoms with Gasteiger partial charge in [-0.15, -0.1) is 0 Å². The van der Waals surface area contributed by atoms with Gasteiger partial charge in [-0.1, -0.05) is 0 Å². The molecule has 0 spiro atoms. The van der Waals surface area contributed by atoms with Crippen molar-refractivity contribution < 1.29 is 9.59 Å². The summed E-state index contributed by atoms with van der Waals surface area (Å²) in [5.41, 5.74) is 0.538. The first-order chi connectivity index (χ1) is 8.19. The Hall–Kier alpha value is -2.20. The number of nitrogens with zero attached hydrogens (tertiary/aromatic N) is 2. The third-order valence-electron chi connectivity index (χ3n) is 3.96. The summed E-state index contributed by atoms with van der Waals surface area (Å²) in [6.45, 7) is 0. The van der Waals surface area contributed by atoms with Crippen molar-refractivity contribution in [2.24, 2.45) is 11.8 Å². The van der Waals surface area contributed by atoms with Crippen molar-refractivity contribution in [1.82, 2.24) is 0 Å². The van der Waals surface area contributed by atoms with E-state index in [1.165, 1.54) is 0 Å². The number of ketones is 2. The first-order valence-corrected chi connectivity index (χ1v) is 5.57. The largest absolute Gasteiger partial charge is 0.288 e. The molecule has 0 aliphatic heterocycles. The third-order valence-corrected chi connectivity index (χ3v) is 3.96. The van der Waals surface area contributed by atoms with E-state index in [1.807, 2.05) is 0 Å². The minimum atomic E-state index is -0.383. The van der Waals surface area contributed by atoms with Crippen LogP contribution in [0.25, 0.3) is 0 Å². The van der Waals surface area contributed by atoms with Crippen LogP contribution in [0.5, 0.6) is 0 Å². The van der Waals surface area contributed by atoms with Gasteiger partial charge in [-0.05, 0) is 31.1 Å². The number of nitriles is 2. The highest BCUT2D eigenvalue weighted by atomic mass is 16.1. The highest BCUT2D eigenvalue weighted by molar-refractivity contribution is 6.29. The average Bonchev–Trinajstić information content (AvgIpc) is 2.93. The van der Waals surface area contributed by atoms with Crippen LogP contribution < -0.4 is 0 Å². The van der Waals surface area contributed by atoms with Gasteiger partial charge in [0.1, 0.15) is 23.3 Å². The van der Waals surface area contributed by atoms with E-state index < -0.39 is 0 Å². The molecule has 1 saturated carbocycles. The van der Waals surface area contributed by atoms with Gasteiger partial charge in [0.05, 0.1) is 0 Å². The van der Waals surface area contributed by atoms with E-state index in [2.05, 4.69) is 0 Å². The quantitative estimate of drug-likeness (QED) is 0.579. The lowest BCUT2D eigenvalue weighted by Gasteiger charge is -2.21. The lowest BCUT2D eigenvalue weighted by molar-refractivity contribution is -0.116. The van der Waals surface area contributed by atoms with Gasteiger partial charge in [0.2, 0.25) is 11.6 Å². The summed E-state index contributed by atoms with van der Waals surface area (Å²) in [6.07, 6.45) is 2.67. The molecule has 0 amide bonds. The second-order valence-corrected chi connectivity index (χ2v) is 4.67. The summed E-state index contributed by atoms with van der Waals surface area (Å²) in [4.78, 5) is 24.2. The molecule has 0 radical (unpaired) electrons. The lowest BCUT2D eigenvalue weighted by atomic mass is 9.78. The monoisotopic (exact) mass is 224 g/mol. The summed E-state index contributed by atoms with van der Waals surface area (Å²) in [7, 11) is 0. The molecule has 0 aromatic heterocycles. The fourth-order valence-corrected chi connectivity index (χ4v) is 3.27. The maximum absolute atomic E-state index is 12.1. The van der Waals surface area contributed by atoms with Gasteiger partial charge < -0.3 is 0 Å². The fourth-order valence-electron chi connectivity index (χ4n) is 3.27. The van der Waals surface area contributed by atoms with Crippen molar-refractivity contribution in [1.29, 1.82) is 10.5 Å². The number of carbonyl (C=O) groups is 2. The first kappa shape index (κ1) is 9.99. The van der Waals surface area contributed by atoms with E-state index in [0.717, 1.165) is 19.3 Å². The summed E-state index contributed by atoms with van der Waals surface area (Å²) in [5.74, 6) is -0.498. The van der Waals surface area contributed by atoms with Crippen LogP contribution in [0, 0.1) is 34.5 Å². The molecule has 0 aromatic carbocycles. The molecule has 0 aromatic rings. The maximum Gasteiger partial charge on any atom is 0.201 e. The molecule has 2 atom stereocenters. The van der Waals surface area contributed by atoms with Crippen LogP contribution in [0.1, 0.15) is 19.3 Å². The van der Waals surface area contributed by atoms with Crippen LogP contribution in [0.2, 0.25) is 0 Å². The summed E-state index contributed by atoms with van der Waals surface area (Å²) in [5, 5.41) is 17.8. The molecule has 4 heteroatoms. The molecule has 1 fully saturated rings. The van der Waals surface area contributed by atoms with Gasteiger partial charge in [-0.2, -0.15) is 10.5 Å². The normalized spacial score (nSPS) is 30.5. The Bertz CT molecular complexity index is 558. The Labute approximate surface area is 97.8 Å². The van der Waals surface area contributed by atoms with E-state index in [1.54, 1.807) is 12.1 Å². The predicted molar refractivity (Wildman–Crippen MR) is 56.1 cm³/mol. The van der Waals surface area contributed by atoms with Crippen molar-refractivity contribution in [2.75, 3.05) is 0 Å².